The van der Waals surface area contributed by atoms with Gasteiger partial charge < -0.3 is 15.0 Å². The van der Waals surface area contributed by atoms with E-state index in [1.165, 1.54) is 42.3 Å². The fraction of sp³-hybridized carbons (Fsp3) is 0.207. The van der Waals surface area contributed by atoms with Gasteiger partial charge >= 0.3 is 11.7 Å². The monoisotopic (exact) mass is 623 g/mol. The number of nitrogens with one attached hydrogen (secondary N) is 2. The van der Waals surface area contributed by atoms with Crippen LogP contribution in [0.25, 0.3) is 26.5 Å². The molecule has 5 rings (SSSR count). The number of ether oxygens (including phenoxy) is 1. The normalized spacial score (nSPS) is 11.2. The van der Waals surface area contributed by atoms with Crippen LogP contribution in [0.4, 0.5) is 19.3 Å². The summed E-state index contributed by atoms with van der Waals surface area (Å²) in [6.45, 7) is -0.0523. The Labute approximate surface area is 253 Å². The van der Waals surface area contributed by atoms with Gasteiger partial charge in [-0.3, -0.25) is 14.2 Å². The van der Waals surface area contributed by atoms with Gasteiger partial charge in [0, 0.05) is 28.7 Å². The molecule has 5 aromatic rings. The van der Waals surface area contributed by atoms with Crippen LogP contribution in [0.3, 0.4) is 0 Å². The average Bonchev–Trinajstić information content (AvgIpc) is 3.36. The summed E-state index contributed by atoms with van der Waals surface area (Å²) in [7, 11) is 6.38. The van der Waals surface area contributed by atoms with Gasteiger partial charge in [0.15, 0.2) is 5.82 Å². The zero-order chi connectivity index (χ0) is 31.5. The molecule has 12 nitrogen and oxygen atoms in total. The molecule has 2 N–H and O–H groups in total. The standard InChI is InChI=1S/C29H27F2N7O5S/c1-36(2)15-20-24-26(39)38(22-11-12-23(42-3)34-33-22)29(41)37(14-17-13-18(30)7-10-21(17)31)27(24)44-25(20)16-5-8-19(9-6-16)32-28(40)35-43-4/h5-13H,14-15H2,1-4H3,(H2,32,35,40). The number of aromatic nitrogens is 4. The maximum Gasteiger partial charge on any atom is 0.343 e. The Kier molecular flexibility index (Phi) is 8.80. The van der Waals surface area contributed by atoms with Crippen molar-refractivity contribution in [3.8, 4) is 22.1 Å². The van der Waals surface area contributed by atoms with Crippen molar-refractivity contribution >= 4 is 33.3 Å². The van der Waals surface area contributed by atoms with Crippen LogP contribution in [0.15, 0.2) is 64.2 Å². The molecule has 2 aromatic carbocycles. The molecule has 0 fully saturated rings. The number of carbonyl (C=O) groups excluding carboxylic acids is 1. The van der Waals surface area contributed by atoms with Crippen molar-refractivity contribution in [2.24, 2.45) is 0 Å². The second-order valence-corrected chi connectivity index (χ2v) is 10.8. The molecule has 3 aromatic heterocycles. The Bertz CT molecular complexity index is 1960. The summed E-state index contributed by atoms with van der Waals surface area (Å²) in [4.78, 5) is 47.4. The highest BCUT2D eigenvalue weighted by molar-refractivity contribution is 7.22. The third-order valence-electron chi connectivity index (χ3n) is 6.55. The Balaban J connectivity index is 1.78. The Morgan fingerprint density at radius 1 is 1.02 bits per heavy atom. The molecule has 0 spiro atoms. The van der Waals surface area contributed by atoms with Gasteiger partial charge in [0.05, 0.1) is 26.2 Å². The van der Waals surface area contributed by atoms with Gasteiger partial charge in [0.2, 0.25) is 5.88 Å². The molecule has 15 heteroatoms. The minimum Gasteiger partial charge on any atom is -0.480 e. The maximum atomic E-state index is 14.8. The summed E-state index contributed by atoms with van der Waals surface area (Å²) in [6, 6.07) is 12.2. The number of hydrogen-bond donors (Lipinski definition) is 2. The van der Waals surface area contributed by atoms with Crippen molar-refractivity contribution in [3.63, 3.8) is 0 Å². The molecule has 0 aliphatic heterocycles. The fourth-order valence-corrected chi connectivity index (χ4v) is 5.94. The van der Waals surface area contributed by atoms with E-state index in [1.54, 1.807) is 24.3 Å². The lowest BCUT2D eigenvalue weighted by atomic mass is 10.1. The second kappa shape index (κ2) is 12.7. The number of hydroxylamine groups is 1. The number of rotatable bonds is 9. The predicted octanol–water partition coefficient (Wildman–Crippen LogP) is 3.75. The average molecular weight is 624 g/mol. The number of amides is 2. The molecule has 0 saturated carbocycles. The summed E-state index contributed by atoms with van der Waals surface area (Å²) in [5.41, 5.74) is 2.44. The Hall–Kier alpha value is -4.99. The number of anilines is 1. The van der Waals surface area contributed by atoms with Gasteiger partial charge in [-0.2, -0.15) is 0 Å². The van der Waals surface area contributed by atoms with Gasteiger partial charge in [-0.05, 0) is 61.6 Å². The third kappa shape index (κ3) is 6.06. The van der Waals surface area contributed by atoms with E-state index < -0.39 is 28.9 Å². The molecular formula is C29H27F2N7O5S. The number of halogens is 2. The van der Waals surface area contributed by atoms with Crippen LogP contribution in [-0.4, -0.2) is 58.6 Å². The van der Waals surface area contributed by atoms with Crippen LogP contribution in [0.1, 0.15) is 11.1 Å². The molecule has 0 aliphatic rings. The Morgan fingerprint density at radius 2 is 1.77 bits per heavy atom. The van der Waals surface area contributed by atoms with Crippen molar-refractivity contribution in [1.82, 2.24) is 29.7 Å². The van der Waals surface area contributed by atoms with E-state index in [1.807, 2.05) is 19.0 Å². The maximum absolute atomic E-state index is 14.8. The van der Waals surface area contributed by atoms with E-state index in [2.05, 4.69) is 25.8 Å². The summed E-state index contributed by atoms with van der Waals surface area (Å²) < 4.78 is 36.2. The molecule has 2 amide bonds. The van der Waals surface area contributed by atoms with Crippen molar-refractivity contribution in [2.75, 3.05) is 33.6 Å². The van der Waals surface area contributed by atoms with Crippen molar-refractivity contribution < 1.29 is 23.1 Å². The molecule has 0 radical (unpaired) electrons. The van der Waals surface area contributed by atoms with E-state index in [-0.39, 0.29) is 34.0 Å². The first-order valence-electron chi connectivity index (χ1n) is 13.1. The van der Waals surface area contributed by atoms with Crippen LogP contribution in [0, 0.1) is 11.6 Å². The van der Waals surface area contributed by atoms with Crippen LogP contribution in [0.5, 0.6) is 5.88 Å². The zero-order valence-electron chi connectivity index (χ0n) is 24.1. The Morgan fingerprint density at radius 3 is 2.41 bits per heavy atom. The summed E-state index contributed by atoms with van der Waals surface area (Å²) in [5.74, 6) is -1.27. The predicted molar refractivity (Wildman–Crippen MR) is 161 cm³/mol. The lowest BCUT2D eigenvalue weighted by molar-refractivity contribution is 0.114. The number of hydrogen-bond acceptors (Lipinski definition) is 9. The topological polar surface area (TPSA) is 133 Å². The highest BCUT2D eigenvalue weighted by Gasteiger charge is 2.25. The summed E-state index contributed by atoms with van der Waals surface area (Å²) in [6.07, 6.45) is 0. The quantitative estimate of drug-likeness (QED) is 0.237. The summed E-state index contributed by atoms with van der Waals surface area (Å²) in [5, 5.41) is 10.8. The van der Waals surface area contributed by atoms with E-state index >= 15 is 0 Å². The van der Waals surface area contributed by atoms with E-state index in [4.69, 9.17) is 4.74 Å². The van der Waals surface area contributed by atoms with Crippen LogP contribution in [0.2, 0.25) is 0 Å². The number of urea groups is 1. The molecule has 0 unspecified atom stereocenters. The van der Waals surface area contributed by atoms with Crippen molar-refractivity contribution in [2.45, 2.75) is 13.1 Å². The molecular weight excluding hydrogens is 596 g/mol. The summed E-state index contributed by atoms with van der Waals surface area (Å²) >= 11 is 1.17. The third-order valence-corrected chi connectivity index (χ3v) is 7.85. The number of fused-ring (bicyclic) bond motifs is 1. The van der Waals surface area contributed by atoms with Crippen molar-refractivity contribution in [1.29, 1.82) is 0 Å². The first-order chi connectivity index (χ1) is 21.1. The van der Waals surface area contributed by atoms with Crippen LogP contribution < -0.4 is 26.8 Å². The molecule has 0 saturated heterocycles. The number of benzene rings is 2. The van der Waals surface area contributed by atoms with Gasteiger partial charge in [0.1, 0.15) is 16.5 Å². The van der Waals surface area contributed by atoms with Gasteiger partial charge in [-0.1, -0.05) is 12.1 Å². The highest BCUT2D eigenvalue weighted by atomic mass is 32.1. The molecule has 0 aliphatic carbocycles. The zero-order valence-corrected chi connectivity index (χ0v) is 24.9. The van der Waals surface area contributed by atoms with Crippen LogP contribution in [-0.2, 0) is 17.9 Å². The smallest absolute Gasteiger partial charge is 0.343 e. The SMILES string of the molecule is CONC(=O)Nc1ccc(-c2sc3c(c2CN(C)C)c(=O)n(-c2ccc(OC)nn2)c(=O)n3Cc2cc(F)ccc2F)cc1. The minimum atomic E-state index is -0.807. The second-order valence-electron chi connectivity index (χ2n) is 9.84. The molecule has 0 bridgehead atoms. The van der Waals surface area contributed by atoms with Gasteiger partial charge in [0.25, 0.3) is 5.56 Å². The van der Waals surface area contributed by atoms with Crippen LogP contribution >= 0.6 is 11.3 Å². The lowest BCUT2D eigenvalue weighted by Gasteiger charge is -2.14. The number of thiophene rings is 1. The number of nitrogens with zero attached hydrogens (tertiary/aromatic N) is 5. The molecule has 0 atom stereocenters. The first kappa shape index (κ1) is 30.5. The van der Waals surface area contributed by atoms with E-state index in [9.17, 15) is 23.2 Å². The molecule has 228 valence electrons. The largest absolute Gasteiger partial charge is 0.480 e. The number of carbonyl (C=O) groups is 1. The van der Waals surface area contributed by atoms with E-state index in [0.717, 1.165) is 22.8 Å². The fourth-order valence-electron chi connectivity index (χ4n) is 4.64. The van der Waals surface area contributed by atoms with Crippen molar-refractivity contribution in [3.05, 3.63) is 98.2 Å². The lowest BCUT2D eigenvalue weighted by Crippen LogP contribution is -2.39. The van der Waals surface area contributed by atoms with E-state index in [0.29, 0.717) is 28.2 Å². The minimum absolute atomic E-state index is 0.0653. The highest BCUT2D eigenvalue weighted by Crippen LogP contribution is 2.38. The molecule has 3 heterocycles. The number of methoxy groups -OCH3 is 1. The molecule has 44 heavy (non-hydrogen) atoms. The van der Waals surface area contributed by atoms with Gasteiger partial charge in [-0.25, -0.2) is 28.4 Å². The van der Waals surface area contributed by atoms with Gasteiger partial charge in [-0.15, -0.1) is 21.5 Å². The first-order valence-corrected chi connectivity index (χ1v) is 13.9.